The fourth-order valence-electron chi connectivity index (χ4n) is 3.78. The minimum Gasteiger partial charge on any atom is -0.322 e. The minimum atomic E-state index is -0.144. The van der Waals surface area contributed by atoms with E-state index in [1.54, 1.807) is 30.5 Å². The molecule has 0 bridgehead atoms. The maximum atomic E-state index is 12.7. The Bertz CT molecular complexity index is 1230. The van der Waals surface area contributed by atoms with E-state index in [0.717, 1.165) is 17.7 Å². The van der Waals surface area contributed by atoms with Crippen molar-refractivity contribution in [1.82, 2.24) is 4.98 Å². The lowest BCUT2D eigenvalue weighted by Crippen LogP contribution is -2.11. The van der Waals surface area contributed by atoms with Crippen LogP contribution in [0.25, 0.3) is 22.4 Å². The number of halogens is 1. The fraction of sp³-hybridized carbons (Fsp3) is 0.0400. The van der Waals surface area contributed by atoms with Gasteiger partial charge in [-0.05, 0) is 65.1 Å². The largest absolute Gasteiger partial charge is 0.322 e. The van der Waals surface area contributed by atoms with Crippen molar-refractivity contribution in [2.24, 2.45) is 0 Å². The van der Waals surface area contributed by atoms with Gasteiger partial charge in [-0.25, -0.2) is 0 Å². The molecule has 3 aromatic carbocycles. The molecule has 0 atom stereocenters. The number of carbonyl (C=O) groups is 1. The molecule has 1 N–H and O–H groups in total. The van der Waals surface area contributed by atoms with Crippen LogP contribution < -0.4 is 5.32 Å². The molecule has 0 fully saturated rings. The molecule has 0 spiro atoms. The number of anilines is 1. The van der Waals surface area contributed by atoms with Crippen LogP contribution in [0, 0.1) is 0 Å². The number of hydrogen-bond donors (Lipinski definition) is 1. The Hall–Kier alpha value is -3.43. The third-order valence-corrected chi connectivity index (χ3v) is 5.54. The van der Waals surface area contributed by atoms with Crippen LogP contribution in [0.15, 0.2) is 85.1 Å². The van der Waals surface area contributed by atoms with Crippen molar-refractivity contribution in [3.05, 3.63) is 107 Å². The highest BCUT2D eigenvalue weighted by Gasteiger charge is 2.18. The molecule has 0 saturated carbocycles. The molecule has 140 valence electrons. The van der Waals surface area contributed by atoms with E-state index >= 15 is 0 Å². The maximum absolute atomic E-state index is 12.7. The van der Waals surface area contributed by atoms with Gasteiger partial charge in [-0.1, -0.05) is 54.1 Å². The number of benzene rings is 3. The summed E-state index contributed by atoms with van der Waals surface area (Å²) in [7, 11) is 0. The third-order valence-electron chi connectivity index (χ3n) is 5.24. The summed E-state index contributed by atoms with van der Waals surface area (Å²) in [6.07, 6.45) is 2.64. The lowest BCUT2D eigenvalue weighted by atomic mass is 10.0. The van der Waals surface area contributed by atoms with E-state index in [1.807, 2.05) is 18.2 Å². The second kappa shape index (κ2) is 7.19. The summed E-state index contributed by atoms with van der Waals surface area (Å²) in [5.74, 6) is -0.144. The molecule has 5 rings (SSSR count). The van der Waals surface area contributed by atoms with Crippen LogP contribution in [0.2, 0.25) is 5.02 Å². The van der Waals surface area contributed by atoms with E-state index in [-0.39, 0.29) is 5.91 Å². The first-order valence-electron chi connectivity index (χ1n) is 9.42. The van der Waals surface area contributed by atoms with Gasteiger partial charge in [0.05, 0.1) is 10.7 Å². The lowest BCUT2D eigenvalue weighted by molar-refractivity contribution is 0.102. The van der Waals surface area contributed by atoms with Crippen LogP contribution in [-0.2, 0) is 6.42 Å². The van der Waals surface area contributed by atoms with Crippen molar-refractivity contribution < 1.29 is 4.79 Å². The van der Waals surface area contributed by atoms with E-state index in [4.69, 9.17) is 11.6 Å². The monoisotopic (exact) mass is 396 g/mol. The van der Waals surface area contributed by atoms with Gasteiger partial charge in [-0.3, -0.25) is 9.78 Å². The summed E-state index contributed by atoms with van der Waals surface area (Å²) in [4.78, 5) is 17.0. The Morgan fingerprint density at radius 2 is 1.66 bits per heavy atom. The number of rotatable bonds is 3. The molecule has 4 aromatic rings. The summed E-state index contributed by atoms with van der Waals surface area (Å²) in [5, 5.41) is 3.59. The number of nitrogens with zero attached hydrogens (tertiary/aromatic N) is 1. The highest BCUT2D eigenvalue weighted by molar-refractivity contribution is 6.33. The Morgan fingerprint density at radius 1 is 0.862 bits per heavy atom. The van der Waals surface area contributed by atoms with E-state index in [9.17, 15) is 4.79 Å². The van der Waals surface area contributed by atoms with Gasteiger partial charge in [0.2, 0.25) is 0 Å². The fourth-order valence-corrected chi connectivity index (χ4v) is 4.01. The van der Waals surface area contributed by atoms with E-state index in [2.05, 4.69) is 46.7 Å². The van der Waals surface area contributed by atoms with Gasteiger partial charge in [0, 0.05) is 23.0 Å². The molecule has 0 aliphatic heterocycles. The normalized spacial score (nSPS) is 11.6. The topological polar surface area (TPSA) is 42.0 Å². The lowest BCUT2D eigenvalue weighted by Gasteiger charge is -2.09. The third kappa shape index (κ3) is 3.30. The summed E-state index contributed by atoms with van der Waals surface area (Å²) in [6.45, 7) is 0. The van der Waals surface area contributed by atoms with Crippen LogP contribution >= 0.6 is 11.6 Å². The Kier molecular flexibility index (Phi) is 4.38. The van der Waals surface area contributed by atoms with Gasteiger partial charge in [0.1, 0.15) is 0 Å². The molecular formula is C25H17ClN2O. The first-order valence-corrected chi connectivity index (χ1v) is 9.80. The summed E-state index contributed by atoms with van der Waals surface area (Å²) >= 11 is 6.21. The maximum Gasteiger partial charge on any atom is 0.255 e. The second-order valence-corrected chi connectivity index (χ2v) is 7.48. The van der Waals surface area contributed by atoms with Crippen LogP contribution in [-0.4, -0.2) is 10.9 Å². The molecular weight excluding hydrogens is 380 g/mol. The molecule has 4 heteroatoms. The zero-order chi connectivity index (χ0) is 19.8. The molecule has 0 unspecified atom stereocenters. The molecule has 1 heterocycles. The van der Waals surface area contributed by atoms with Crippen LogP contribution in [0.4, 0.5) is 5.69 Å². The molecule has 0 saturated heterocycles. The van der Waals surface area contributed by atoms with Crippen LogP contribution in [0.1, 0.15) is 21.5 Å². The molecule has 1 aromatic heterocycles. The molecule has 1 amide bonds. The predicted molar refractivity (Wildman–Crippen MR) is 117 cm³/mol. The number of nitrogens with one attached hydrogen (secondary N) is 1. The summed E-state index contributed by atoms with van der Waals surface area (Å²) in [6, 6.07) is 25.4. The van der Waals surface area contributed by atoms with E-state index in [0.29, 0.717) is 16.3 Å². The van der Waals surface area contributed by atoms with Crippen LogP contribution in [0.5, 0.6) is 0 Å². The second-order valence-electron chi connectivity index (χ2n) is 7.07. The average molecular weight is 397 g/mol. The summed E-state index contributed by atoms with van der Waals surface area (Å²) in [5.41, 5.74) is 8.02. The molecule has 1 aliphatic carbocycles. The van der Waals surface area contributed by atoms with Crippen LogP contribution in [0.3, 0.4) is 0 Å². The highest BCUT2D eigenvalue weighted by atomic mass is 35.5. The molecule has 1 aliphatic rings. The number of hydrogen-bond acceptors (Lipinski definition) is 2. The van der Waals surface area contributed by atoms with E-state index in [1.165, 1.54) is 22.3 Å². The predicted octanol–water partition coefficient (Wildman–Crippen LogP) is 6.23. The number of pyridine rings is 1. The average Bonchev–Trinajstić information content (AvgIpc) is 3.12. The standard InChI is InChI=1S/C25H17ClN2O/c26-23-6-3-13-27-24(23)16-7-9-17(10-8-16)25(29)28-20-12-11-19-14-18-4-1-2-5-21(18)22(19)15-20/h1-13,15H,14H2,(H,28,29). The van der Waals surface area contributed by atoms with Gasteiger partial charge >= 0.3 is 0 Å². The van der Waals surface area contributed by atoms with Crippen molar-refractivity contribution in [2.75, 3.05) is 5.32 Å². The van der Waals surface area contributed by atoms with Crippen molar-refractivity contribution in [3.8, 4) is 22.4 Å². The molecule has 29 heavy (non-hydrogen) atoms. The van der Waals surface area contributed by atoms with Crippen molar-refractivity contribution >= 4 is 23.2 Å². The van der Waals surface area contributed by atoms with Crippen molar-refractivity contribution in [2.45, 2.75) is 6.42 Å². The number of amides is 1. The van der Waals surface area contributed by atoms with Gasteiger partial charge < -0.3 is 5.32 Å². The first-order chi connectivity index (χ1) is 14.2. The van der Waals surface area contributed by atoms with Gasteiger partial charge in [0.25, 0.3) is 5.91 Å². The van der Waals surface area contributed by atoms with Gasteiger partial charge in [-0.2, -0.15) is 0 Å². The smallest absolute Gasteiger partial charge is 0.255 e. The highest BCUT2D eigenvalue weighted by Crippen LogP contribution is 2.37. The Balaban J connectivity index is 1.37. The van der Waals surface area contributed by atoms with Crippen molar-refractivity contribution in [1.29, 1.82) is 0 Å². The zero-order valence-corrected chi connectivity index (χ0v) is 16.3. The van der Waals surface area contributed by atoms with Crippen molar-refractivity contribution in [3.63, 3.8) is 0 Å². The molecule has 3 nitrogen and oxygen atoms in total. The first kappa shape index (κ1) is 17.7. The minimum absolute atomic E-state index is 0.144. The zero-order valence-electron chi connectivity index (χ0n) is 15.5. The van der Waals surface area contributed by atoms with Gasteiger partial charge in [-0.15, -0.1) is 0 Å². The number of aromatic nitrogens is 1. The quantitative estimate of drug-likeness (QED) is 0.393. The molecule has 0 radical (unpaired) electrons. The number of fused-ring (bicyclic) bond motifs is 3. The summed E-state index contributed by atoms with van der Waals surface area (Å²) < 4.78 is 0. The SMILES string of the molecule is O=C(Nc1ccc2c(c1)-c1ccccc1C2)c1ccc(-c2ncccc2Cl)cc1. The van der Waals surface area contributed by atoms with E-state index < -0.39 is 0 Å². The Morgan fingerprint density at radius 3 is 2.48 bits per heavy atom. The Labute approximate surface area is 174 Å². The van der Waals surface area contributed by atoms with Gasteiger partial charge in [0.15, 0.2) is 0 Å². The number of carbonyl (C=O) groups excluding carboxylic acids is 1.